The molecular formula is C8H15N3O2. The molecule has 1 aliphatic rings. The van der Waals surface area contributed by atoms with Crippen molar-refractivity contribution < 1.29 is 9.53 Å². The van der Waals surface area contributed by atoms with Gasteiger partial charge in [0.2, 0.25) is 0 Å². The van der Waals surface area contributed by atoms with E-state index in [1.807, 2.05) is 0 Å². The van der Waals surface area contributed by atoms with E-state index in [1.165, 1.54) is 0 Å². The monoisotopic (exact) mass is 185 g/mol. The molecule has 0 bridgehead atoms. The van der Waals surface area contributed by atoms with E-state index in [0.29, 0.717) is 6.61 Å². The standard InChI is InChI=1S/C8H15N3O2/c9-8(12)11-10-7-4-2-1-3-5-13-6-7/h1-6H2,(H3,9,11,12)/b10-7+. The van der Waals surface area contributed by atoms with E-state index < -0.39 is 6.03 Å². The molecule has 1 heterocycles. The number of hydrazone groups is 1. The van der Waals surface area contributed by atoms with Crippen LogP contribution in [-0.2, 0) is 4.74 Å². The molecule has 0 aromatic rings. The van der Waals surface area contributed by atoms with Crippen LogP contribution >= 0.6 is 0 Å². The molecule has 5 heteroatoms. The van der Waals surface area contributed by atoms with E-state index in [2.05, 4.69) is 10.5 Å². The number of carbonyl (C=O) groups is 1. The van der Waals surface area contributed by atoms with Gasteiger partial charge in [0.15, 0.2) is 0 Å². The Morgan fingerprint density at radius 2 is 2.31 bits per heavy atom. The average molecular weight is 185 g/mol. The summed E-state index contributed by atoms with van der Waals surface area (Å²) < 4.78 is 5.30. The minimum atomic E-state index is -0.630. The molecule has 0 aromatic heterocycles. The van der Waals surface area contributed by atoms with Crippen molar-refractivity contribution in [2.75, 3.05) is 13.2 Å². The van der Waals surface area contributed by atoms with Gasteiger partial charge in [-0.25, -0.2) is 10.2 Å². The summed E-state index contributed by atoms with van der Waals surface area (Å²) in [7, 11) is 0. The van der Waals surface area contributed by atoms with Crippen molar-refractivity contribution in [2.45, 2.75) is 25.7 Å². The van der Waals surface area contributed by atoms with Crippen LogP contribution in [0.3, 0.4) is 0 Å². The Bertz CT molecular complexity index is 194. The lowest BCUT2D eigenvalue weighted by Gasteiger charge is -2.11. The zero-order valence-electron chi connectivity index (χ0n) is 7.58. The third-order valence-electron chi connectivity index (χ3n) is 1.85. The quantitative estimate of drug-likeness (QED) is 0.587. The number of urea groups is 1. The van der Waals surface area contributed by atoms with Crippen molar-refractivity contribution in [3.63, 3.8) is 0 Å². The number of hydrogen-bond donors (Lipinski definition) is 2. The third kappa shape index (κ3) is 4.47. The van der Waals surface area contributed by atoms with Crippen molar-refractivity contribution in [3.8, 4) is 0 Å². The summed E-state index contributed by atoms with van der Waals surface area (Å²) in [6, 6.07) is -0.630. The summed E-state index contributed by atoms with van der Waals surface area (Å²) in [6.45, 7) is 1.27. The Morgan fingerprint density at radius 3 is 3.08 bits per heavy atom. The molecule has 0 unspecified atom stereocenters. The molecule has 2 amide bonds. The molecule has 74 valence electrons. The number of nitrogens with one attached hydrogen (secondary N) is 1. The molecule has 1 aliphatic heterocycles. The molecule has 0 saturated carbocycles. The molecule has 1 fully saturated rings. The van der Waals surface area contributed by atoms with Gasteiger partial charge in [-0.2, -0.15) is 5.10 Å². The van der Waals surface area contributed by atoms with Crippen LogP contribution in [0.25, 0.3) is 0 Å². The number of nitrogens with zero attached hydrogens (tertiary/aromatic N) is 1. The van der Waals surface area contributed by atoms with E-state index in [9.17, 15) is 4.79 Å². The molecule has 13 heavy (non-hydrogen) atoms. The highest BCUT2D eigenvalue weighted by Gasteiger charge is 2.04. The van der Waals surface area contributed by atoms with Gasteiger partial charge in [0, 0.05) is 6.61 Å². The lowest BCUT2D eigenvalue weighted by atomic mass is 10.1. The van der Waals surface area contributed by atoms with Gasteiger partial charge in [0.1, 0.15) is 0 Å². The maximum absolute atomic E-state index is 10.4. The van der Waals surface area contributed by atoms with Crippen LogP contribution < -0.4 is 11.2 Å². The van der Waals surface area contributed by atoms with Crippen LogP contribution in [0.4, 0.5) is 4.79 Å². The molecule has 0 aliphatic carbocycles. The Hall–Kier alpha value is -1.10. The molecule has 5 nitrogen and oxygen atoms in total. The lowest BCUT2D eigenvalue weighted by Crippen LogP contribution is -2.27. The number of rotatable bonds is 1. The fraction of sp³-hybridized carbons (Fsp3) is 0.750. The van der Waals surface area contributed by atoms with Crippen molar-refractivity contribution in [1.29, 1.82) is 0 Å². The summed E-state index contributed by atoms with van der Waals surface area (Å²) in [5.41, 5.74) is 7.95. The average Bonchev–Trinajstić information content (AvgIpc) is 2.01. The van der Waals surface area contributed by atoms with E-state index >= 15 is 0 Å². The van der Waals surface area contributed by atoms with Crippen LogP contribution in [0.5, 0.6) is 0 Å². The summed E-state index contributed by atoms with van der Waals surface area (Å²) >= 11 is 0. The number of nitrogens with two attached hydrogens (primary N) is 1. The van der Waals surface area contributed by atoms with Crippen LogP contribution in [-0.4, -0.2) is 25.0 Å². The molecular weight excluding hydrogens is 170 g/mol. The van der Waals surface area contributed by atoms with E-state index in [0.717, 1.165) is 38.0 Å². The summed E-state index contributed by atoms with van der Waals surface area (Å²) in [6.07, 6.45) is 4.23. The summed E-state index contributed by atoms with van der Waals surface area (Å²) in [4.78, 5) is 10.4. The Morgan fingerprint density at radius 1 is 1.46 bits per heavy atom. The zero-order chi connectivity index (χ0) is 9.52. The molecule has 0 atom stereocenters. The summed E-state index contributed by atoms with van der Waals surface area (Å²) in [5.74, 6) is 0. The van der Waals surface area contributed by atoms with Gasteiger partial charge in [0.05, 0.1) is 12.3 Å². The molecule has 0 spiro atoms. The smallest absolute Gasteiger partial charge is 0.332 e. The Labute approximate surface area is 77.3 Å². The second-order valence-corrected chi connectivity index (χ2v) is 3.02. The van der Waals surface area contributed by atoms with Gasteiger partial charge < -0.3 is 10.5 Å². The van der Waals surface area contributed by atoms with Crippen molar-refractivity contribution in [2.24, 2.45) is 10.8 Å². The highest BCUT2D eigenvalue weighted by Crippen LogP contribution is 2.05. The number of ether oxygens (including phenoxy) is 1. The van der Waals surface area contributed by atoms with Gasteiger partial charge in [-0.05, 0) is 19.3 Å². The normalized spacial score (nSPS) is 22.0. The number of primary amides is 1. The van der Waals surface area contributed by atoms with Gasteiger partial charge in [-0.15, -0.1) is 0 Å². The van der Waals surface area contributed by atoms with Crippen LogP contribution in [0.1, 0.15) is 25.7 Å². The SMILES string of the molecule is NC(=O)N/N=C1\CCCCCOC1. The van der Waals surface area contributed by atoms with E-state index in [1.54, 1.807) is 0 Å². The predicted octanol–water partition coefficient (Wildman–Crippen LogP) is 0.601. The van der Waals surface area contributed by atoms with E-state index in [4.69, 9.17) is 10.5 Å². The second-order valence-electron chi connectivity index (χ2n) is 3.02. The largest absolute Gasteiger partial charge is 0.375 e. The van der Waals surface area contributed by atoms with Gasteiger partial charge in [-0.3, -0.25) is 0 Å². The van der Waals surface area contributed by atoms with Crippen LogP contribution in [0.15, 0.2) is 5.10 Å². The van der Waals surface area contributed by atoms with Gasteiger partial charge in [-0.1, -0.05) is 6.42 Å². The maximum Gasteiger partial charge on any atom is 0.332 e. The summed E-state index contributed by atoms with van der Waals surface area (Å²) in [5, 5.41) is 3.85. The van der Waals surface area contributed by atoms with Crippen molar-refractivity contribution >= 4 is 11.7 Å². The fourth-order valence-electron chi connectivity index (χ4n) is 1.19. The maximum atomic E-state index is 10.4. The zero-order valence-corrected chi connectivity index (χ0v) is 7.58. The molecule has 3 N–H and O–H groups in total. The minimum absolute atomic E-state index is 0.500. The first-order valence-electron chi connectivity index (χ1n) is 4.47. The topological polar surface area (TPSA) is 76.7 Å². The molecule has 0 aromatic carbocycles. The first-order valence-corrected chi connectivity index (χ1v) is 4.47. The van der Waals surface area contributed by atoms with Crippen molar-refractivity contribution in [3.05, 3.63) is 0 Å². The van der Waals surface area contributed by atoms with Crippen LogP contribution in [0.2, 0.25) is 0 Å². The lowest BCUT2D eigenvalue weighted by molar-refractivity contribution is 0.160. The Kier molecular flexibility index (Phi) is 4.25. The van der Waals surface area contributed by atoms with Gasteiger partial charge >= 0.3 is 6.03 Å². The van der Waals surface area contributed by atoms with Gasteiger partial charge in [0.25, 0.3) is 0 Å². The van der Waals surface area contributed by atoms with E-state index in [-0.39, 0.29) is 0 Å². The molecule has 1 rings (SSSR count). The first kappa shape index (κ1) is 9.98. The highest BCUT2D eigenvalue weighted by atomic mass is 16.5. The fourth-order valence-corrected chi connectivity index (χ4v) is 1.19. The number of carbonyl (C=O) groups excluding carboxylic acids is 1. The highest BCUT2D eigenvalue weighted by molar-refractivity contribution is 5.86. The second kappa shape index (κ2) is 5.53. The number of amides is 2. The predicted molar refractivity (Wildman–Crippen MR) is 49.4 cm³/mol. The van der Waals surface area contributed by atoms with Crippen molar-refractivity contribution in [1.82, 2.24) is 5.43 Å². The molecule has 1 saturated heterocycles. The van der Waals surface area contributed by atoms with Crippen LogP contribution in [0, 0.1) is 0 Å². The first-order chi connectivity index (χ1) is 6.29. The minimum Gasteiger partial charge on any atom is -0.375 e. The number of hydrogen-bond acceptors (Lipinski definition) is 3. The molecule has 0 radical (unpaired) electrons. The Balaban J connectivity index is 2.36. The third-order valence-corrected chi connectivity index (χ3v) is 1.85.